The number of aromatic amines is 1. The normalized spacial score (nSPS) is 18.3. The molecule has 26 heavy (non-hydrogen) atoms. The minimum atomic E-state index is -0.428. The second kappa shape index (κ2) is 7.92. The Hall–Kier alpha value is -2.33. The van der Waals surface area contributed by atoms with Crippen molar-refractivity contribution in [3.05, 3.63) is 23.0 Å². The van der Waals surface area contributed by atoms with Gasteiger partial charge in [-0.1, -0.05) is 11.6 Å². The van der Waals surface area contributed by atoms with Crippen LogP contribution in [0.25, 0.3) is 0 Å². The van der Waals surface area contributed by atoms with E-state index in [0.717, 1.165) is 6.42 Å². The molecular formula is C18H22ClN5O2. The lowest BCUT2D eigenvalue weighted by molar-refractivity contribution is -0.131. The molecule has 138 valence electrons. The number of rotatable bonds is 6. The molecule has 0 bridgehead atoms. The summed E-state index contributed by atoms with van der Waals surface area (Å²) in [6, 6.07) is 1.62. The van der Waals surface area contributed by atoms with E-state index in [1.54, 1.807) is 17.2 Å². The first-order chi connectivity index (χ1) is 12.5. The molecule has 2 amide bonds. The first-order valence-corrected chi connectivity index (χ1v) is 9.19. The predicted octanol–water partition coefficient (Wildman–Crippen LogP) is 2.70. The van der Waals surface area contributed by atoms with Crippen LogP contribution in [0.1, 0.15) is 42.6 Å². The topological polar surface area (TPSA) is 81.1 Å². The van der Waals surface area contributed by atoms with Crippen LogP contribution in [0.5, 0.6) is 0 Å². The first kappa shape index (κ1) is 18.5. The minimum absolute atomic E-state index is 0.0830. The Balaban J connectivity index is 1.48. The van der Waals surface area contributed by atoms with E-state index in [1.165, 1.54) is 0 Å². The summed E-state index contributed by atoms with van der Waals surface area (Å²) in [5, 5.41) is 8.65. The molecule has 1 aromatic rings. The van der Waals surface area contributed by atoms with Gasteiger partial charge in [0.05, 0.1) is 5.02 Å². The molecule has 0 saturated carbocycles. The number of carbonyl (C=O) groups is 2. The van der Waals surface area contributed by atoms with E-state index >= 15 is 0 Å². The van der Waals surface area contributed by atoms with Crippen molar-refractivity contribution < 1.29 is 9.59 Å². The van der Waals surface area contributed by atoms with Crippen LogP contribution in [0.4, 0.5) is 0 Å². The van der Waals surface area contributed by atoms with Gasteiger partial charge in [0, 0.05) is 58.1 Å². The Morgan fingerprint density at radius 2 is 1.96 bits per heavy atom. The Morgan fingerprint density at radius 1 is 1.23 bits per heavy atom. The highest BCUT2D eigenvalue weighted by molar-refractivity contribution is 6.30. The molecule has 0 radical (unpaired) electrons. The quantitative estimate of drug-likeness (QED) is 0.775. The Labute approximate surface area is 157 Å². The number of amides is 2. The van der Waals surface area contributed by atoms with Crippen LogP contribution in [0.2, 0.25) is 5.02 Å². The van der Waals surface area contributed by atoms with Gasteiger partial charge in [0.25, 0.3) is 5.91 Å². The summed E-state index contributed by atoms with van der Waals surface area (Å²) < 4.78 is 0. The number of hydrogen-bond donors (Lipinski definition) is 1. The van der Waals surface area contributed by atoms with Crippen LogP contribution in [0.3, 0.4) is 0 Å². The van der Waals surface area contributed by atoms with Crippen LogP contribution in [0.15, 0.2) is 22.5 Å². The maximum absolute atomic E-state index is 12.5. The number of terminal acetylenes is 1. The van der Waals surface area contributed by atoms with Crippen molar-refractivity contribution in [3.8, 4) is 12.3 Å². The van der Waals surface area contributed by atoms with Crippen LogP contribution in [-0.2, 0) is 4.79 Å². The van der Waals surface area contributed by atoms with Crippen molar-refractivity contribution >= 4 is 23.4 Å². The second-order valence-corrected chi connectivity index (χ2v) is 7.08. The van der Waals surface area contributed by atoms with Gasteiger partial charge in [-0.15, -0.1) is 12.3 Å². The molecule has 0 aliphatic carbocycles. The van der Waals surface area contributed by atoms with Crippen LogP contribution in [-0.4, -0.2) is 58.4 Å². The lowest BCUT2D eigenvalue weighted by Crippen LogP contribution is -2.37. The van der Waals surface area contributed by atoms with Crippen molar-refractivity contribution in [1.29, 1.82) is 0 Å². The van der Waals surface area contributed by atoms with Crippen molar-refractivity contribution in [2.45, 2.75) is 37.8 Å². The third-order valence-corrected chi connectivity index (χ3v) is 5.02. The summed E-state index contributed by atoms with van der Waals surface area (Å²) in [6.07, 6.45) is 9.95. The molecule has 8 heteroatoms. The molecule has 0 spiro atoms. The largest absolute Gasteiger partial charge is 0.356 e. The Kier molecular flexibility index (Phi) is 5.62. The van der Waals surface area contributed by atoms with Crippen molar-refractivity contribution in [3.63, 3.8) is 0 Å². The highest BCUT2D eigenvalue weighted by Crippen LogP contribution is 2.37. The van der Waals surface area contributed by atoms with Gasteiger partial charge in [-0.25, -0.2) is 0 Å². The van der Waals surface area contributed by atoms with E-state index in [9.17, 15) is 9.59 Å². The zero-order valence-electron chi connectivity index (χ0n) is 14.6. The van der Waals surface area contributed by atoms with E-state index < -0.39 is 5.66 Å². The number of carbonyl (C=O) groups excluding carboxylic acids is 2. The lowest BCUT2D eigenvalue weighted by atomic mass is 10.0. The molecule has 1 N–H and O–H groups in total. The zero-order valence-corrected chi connectivity index (χ0v) is 15.3. The van der Waals surface area contributed by atoms with E-state index in [4.69, 9.17) is 18.0 Å². The summed E-state index contributed by atoms with van der Waals surface area (Å²) in [7, 11) is 0. The van der Waals surface area contributed by atoms with Crippen molar-refractivity contribution in [1.82, 2.24) is 14.8 Å². The Bertz CT molecular complexity index is 745. The molecule has 0 aromatic carbocycles. The molecule has 1 saturated heterocycles. The van der Waals surface area contributed by atoms with E-state index in [2.05, 4.69) is 21.1 Å². The smallest absolute Gasteiger partial charge is 0.270 e. The number of nitrogens with one attached hydrogen (secondary N) is 1. The van der Waals surface area contributed by atoms with E-state index in [0.29, 0.717) is 62.6 Å². The first-order valence-electron chi connectivity index (χ1n) is 8.81. The van der Waals surface area contributed by atoms with Crippen LogP contribution >= 0.6 is 11.6 Å². The average Bonchev–Trinajstić information content (AvgIpc) is 3.35. The van der Waals surface area contributed by atoms with Crippen LogP contribution in [0, 0.1) is 12.3 Å². The molecule has 2 aliphatic rings. The molecule has 1 aromatic heterocycles. The molecule has 7 nitrogen and oxygen atoms in total. The van der Waals surface area contributed by atoms with Gasteiger partial charge in [-0.3, -0.25) is 9.59 Å². The monoisotopic (exact) mass is 375 g/mol. The van der Waals surface area contributed by atoms with Gasteiger partial charge in [0.1, 0.15) is 5.69 Å². The van der Waals surface area contributed by atoms with Gasteiger partial charge in [-0.05, 0) is 12.5 Å². The number of H-pyrrole nitrogens is 1. The second-order valence-electron chi connectivity index (χ2n) is 6.64. The molecule has 1 fully saturated rings. The van der Waals surface area contributed by atoms with E-state index in [-0.39, 0.29) is 11.8 Å². The SMILES string of the molecule is C#CCCC1(CCC(=O)N2CCCN(C(=O)c3cc(Cl)c[nH]3)CC2)N=N1. The zero-order chi connectivity index (χ0) is 18.6. The van der Waals surface area contributed by atoms with Gasteiger partial charge in [-0.2, -0.15) is 10.2 Å². The Morgan fingerprint density at radius 3 is 2.62 bits per heavy atom. The van der Waals surface area contributed by atoms with Gasteiger partial charge in [0.2, 0.25) is 5.91 Å². The average molecular weight is 376 g/mol. The number of nitrogens with zero attached hydrogens (tertiary/aromatic N) is 4. The highest BCUT2D eigenvalue weighted by atomic mass is 35.5. The molecule has 3 rings (SSSR count). The third-order valence-electron chi connectivity index (χ3n) is 4.81. The fourth-order valence-electron chi connectivity index (χ4n) is 3.16. The lowest BCUT2D eigenvalue weighted by Gasteiger charge is -2.22. The summed E-state index contributed by atoms with van der Waals surface area (Å²) in [5.41, 5.74) is 0.0464. The van der Waals surface area contributed by atoms with Crippen molar-refractivity contribution in [2.24, 2.45) is 10.2 Å². The third kappa shape index (κ3) is 4.44. The van der Waals surface area contributed by atoms with Gasteiger partial charge < -0.3 is 14.8 Å². The summed E-state index contributed by atoms with van der Waals surface area (Å²) in [6.45, 7) is 2.32. The standard InChI is InChI=1S/C18H22ClN5O2/c1-2-3-6-18(21-22-18)7-5-16(25)23-8-4-9-24(11-10-23)17(26)15-12-14(19)13-20-15/h1,12-13,20H,3-11H2. The van der Waals surface area contributed by atoms with Gasteiger partial charge in [0.15, 0.2) is 5.66 Å². The van der Waals surface area contributed by atoms with E-state index in [1.807, 2.05) is 4.90 Å². The number of aromatic nitrogens is 1. The molecule has 0 unspecified atom stereocenters. The number of halogens is 1. The molecule has 2 aliphatic heterocycles. The molecule has 0 atom stereocenters. The fourth-order valence-corrected chi connectivity index (χ4v) is 3.33. The van der Waals surface area contributed by atoms with Crippen molar-refractivity contribution in [2.75, 3.05) is 26.2 Å². The number of hydrogen-bond acceptors (Lipinski definition) is 4. The summed E-state index contributed by atoms with van der Waals surface area (Å²) in [4.78, 5) is 31.5. The maximum atomic E-state index is 12.5. The van der Waals surface area contributed by atoms with Gasteiger partial charge >= 0.3 is 0 Å². The predicted molar refractivity (Wildman–Crippen MR) is 97.8 cm³/mol. The maximum Gasteiger partial charge on any atom is 0.270 e. The van der Waals surface area contributed by atoms with Crippen LogP contribution < -0.4 is 0 Å². The summed E-state index contributed by atoms with van der Waals surface area (Å²) >= 11 is 5.87. The molecular weight excluding hydrogens is 354 g/mol. The fraction of sp³-hybridized carbons (Fsp3) is 0.556. The minimum Gasteiger partial charge on any atom is -0.356 e. The summed E-state index contributed by atoms with van der Waals surface area (Å²) in [5.74, 6) is 2.58. The molecule has 3 heterocycles. The highest BCUT2D eigenvalue weighted by Gasteiger charge is 2.39.